The van der Waals surface area contributed by atoms with E-state index in [1.165, 1.54) is 39.0 Å². The van der Waals surface area contributed by atoms with Crippen molar-refractivity contribution in [2.75, 3.05) is 6.61 Å². The Balaban J connectivity index is 2.02. The van der Waals surface area contributed by atoms with Crippen molar-refractivity contribution in [3.05, 3.63) is 11.6 Å². The van der Waals surface area contributed by atoms with E-state index in [1.54, 1.807) is 5.57 Å². The van der Waals surface area contributed by atoms with Gasteiger partial charge in [-0.25, -0.2) is 0 Å². The predicted octanol–water partition coefficient (Wildman–Crippen LogP) is 4.10. The third kappa shape index (κ3) is 1.35. The number of esters is 1. The van der Waals surface area contributed by atoms with Crippen molar-refractivity contribution >= 4 is 5.97 Å². The van der Waals surface area contributed by atoms with Gasteiger partial charge in [0.05, 0.1) is 0 Å². The Bertz CT molecular complexity index is 452. The highest BCUT2D eigenvalue weighted by Gasteiger charge is 2.71. The van der Waals surface area contributed by atoms with Gasteiger partial charge in [-0.15, -0.1) is 0 Å². The van der Waals surface area contributed by atoms with E-state index in [0.29, 0.717) is 17.4 Å². The molecule has 0 spiro atoms. The van der Waals surface area contributed by atoms with Crippen molar-refractivity contribution in [2.24, 2.45) is 22.2 Å². The maximum absolute atomic E-state index is 11.2. The minimum atomic E-state index is -0.148. The summed E-state index contributed by atoms with van der Waals surface area (Å²) in [4.78, 5) is 11.2. The quantitative estimate of drug-likeness (QED) is 0.553. The fourth-order valence-electron chi connectivity index (χ4n) is 6.13. The molecular weight excluding hydrogens is 236 g/mol. The Morgan fingerprint density at radius 1 is 1.42 bits per heavy atom. The van der Waals surface area contributed by atoms with Crippen LogP contribution in [0.2, 0.25) is 0 Å². The first kappa shape index (κ1) is 13.2. The van der Waals surface area contributed by atoms with Crippen LogP contribution in [-0.2, 0) is 9.53 Å². The summed E-state index contributed by atoms with van der Waals surface area (Å²) >= 11 is 0. The van der Waals surface area contributed by atoms with Gasteiger partial charge in [0.15, 0.2) is 0 Å². The monoisotopic (exact) mass is 262 g/mol. The Morgan fingerprint density at radius 3 is 2.84 bits per heavy atom. The van der Waals surface area contributed by atoms with Gasteiger partial charge in [-0.2, -0.15) is 0 Å². The molecule has 3 aliphatic rings. The lowest BCUT2D eigenvalue weighted by Crippen LogP contribution is -2.45. The lowest BCUT2D eigenvalue weighted by atomic mass is 9.56. The molecule has 0 saturated heterocycles. The van der Waals surface area contributed by atoms with Crippen LogP contribution in [0.4, 0.5) is 0 Å². The van der Waals surface area contributed by atoms with Crippen LogP contribution in [0.15, 0.2) is 11.6 Å². The van der Waals surface area contributed by atoms with Gasteiger partial charge in [0.25, 0.3) is 0 Å². The molecule has 2 fully saturated rings. The third-order valence-electron chi connectivity index (χ3n) is 6.78. The van der Waals surface area contributed by atoms with E-state index in [9.17, 15) is 4.79 Å². The van der Waals surface area contributed by atoms with Gasteiger partial charge in [0.1, 0.15) is 6.61 Å². The number of rotatable bonds is 2. The fourth-order valence-corrected chi connectivity index (χ4v) is 6.13. The molecule has 3 aliphatic carbocycles. The van der Waals surface area contributed by atoms with Crippen LogP contribution >= 0.6 is 0 Å². The molecule has 0 amide bonds. The highest BCUT2D eigenvalue weighted by Crippen LogP contribution is 2.78. The lowest BCUT2D eigenvalue weighted by molar-refractivity contribution is -0.146. The minimum Gasteiger partial charge on any atom is -0.465 e. The van der Waals surface area contributed by atoms with Gasteiger partial charge in [-0.1, -0.05) is 31.9 Å². The predicted molar refractivity (Wildman–Crippen MR) is 75.6 cm³/mol. The van der Waals surface area contributed by atoms with E-state index in [2.05, 4.69) is 26.8 Å². The summed E-state index contributed by atoms with van der Waals surface area (Å²) in [6, 6.07) is 0. The molecule has 0 bridgehead atoms. The fraction of sp³-hybridized carbons (Fsp3) is 0.824. The maximum atomic E-state index is 11.2. The molecule has 4 atom stereocenters. The molecule has 2 saturated carbocycles. The summed E-state index contributed by atoms with van der Waals surface area (Å²) in [5, 5.41) is 0. The van der Waals surface area contributed by atoms with E-state index in [0.717, 1.165) is 5.92 Å². The van der Waals surface area contributed by atoms with E-state index < -0.39 is 0 Å². The molecule has 0 radical (unpaired) electrons. The van der Waals surface area contributed by atoms with E-state index in [1.807, 2.05) is 0 Å². The van der Waals surface area contributed by atoms with Crippen LogP contribution in [0.3, 0.4) is 0 Å². The average Bonchev–Trinajstić information content (AvgIpc) is 2.90. The van der Waals surface area contributed by atoms with E-state index >= 15 is 0 Å². The van der Waals surface area contributed by atoms with Crippen LogP contribution in [0, 0.1) is 22.2 Å². The first-order valence-corrected chi connectivity index (χ1v) is 7.71. The summed E-state index contributed by atoms with van der Waals surface area (Å²) in [5.41, 5.74) is 2.38. The molecule has 0 heterocycles. The Hall–Kier alpha value is -0.790. The zero-order valence-electron chi connectivity index (χ0n) is 12.7. The normalized spacial score (nSPS) is 47.8. The highest BCUT2D eigenvalue weighted by molar-refractivity contribution is 5.66. The van der Waals surface area contributed by atoms with E-state index in [4.69, 9.17) is 4.74 Å². The molecule has 0 N–H and O–H groups in total. The molecule has 3 rings (SSSR count). The summed E-state index contributed by atoms with van der Waals surface area (Å²) < 4.78 is 5.44. The smallest absolute Gasteiger partial charge is 0.302 e. The number of carbonyl (C=O) groups is 1. The Labute approximate surface area is 116 Å². The lowest BCUT2D eigenvalue weighted by Gasteiger charge is -2.47. The number of ether oxygens (including phenoxy) is 1. The van der Waals surface area contributed by atoms with Crippen LogP contribution in [0.5, 0.6) is 0 Å². The van der Waals surface area contributed by atoms with Crippen molar-refractivity contribution in [3.63, 3.8) is 0 Å². The molecule has 2 nitrogen and oxygen atoms in total. The van der Waals surface area contributed by atoms with Crippen LogP contribution < -0.4 is 0 Å². The second-order valence-electron chi connectivity index (χ2n) is 7.37. The van der Waals surface area contributed by atoms with Gasteiger partial charge in [0.2, 0.25) is 0 Å². The highest BCUT2D eigenvalue weighted by atomic mass is 16.5. The molecule has 0 aliphatic heterocycles. The third-order valence-corrected chi connectivity index (χ3v) is 6.78. The molecule has 0 aromatic heterocycles. The van der Waals surface area contributed by atoms with Gasteiger partial charge in [0, 0.05) is 17.8 Å². The zero-order valence-corrected chi connectivity index (χ0v) is 12.7. The molecule has 2 heteroatoms. The summed E-state index contributed by atoms with van der Waals surface area (Å²) in [6.07, 6.45) is 9.08. The van der Waals surface area contributed by atoms with Crippen LogP contribution in [-0.4, -0.2) is 12.6 Å². The SMILES string of the molecule is CC(=O)OC[C@]1(C)C=C(C)[C@]23CCC[C@]12CC[C@@H]3C. The first-order valence-electron chi connectivity index (χ1n) is 7.71. The van der Waals surface area contributed by atoms with Crippen molar-refractivity contribution in [1.82, 2.24) is 0 Å². The Morgan fingerprint density at radius 2 is 2.16 bits per heavy atom. The maximum Gasteiger partial charge on any atom is 0.302 e. The number of hydrogen-bond acceptors (Lipinski definition) is 2. The second-order valence-corrected chi connectivity index (χ2v) is 7.37. The standard InChI is InChI=1S/C17H26O2/c1-12-6-9-16-7-5-8-17(12,16)13(2)10-15(16,4)11-19-14(3)18/h10,12H,5-9,11H2,1-4H3/t12-,15-,16-,17+/m0/s1. The van der Waals surface area contributed by atoms with Crippen LogP contribution in [0.25, 0.3) is 0 Å². The van der Waals surface area contributed by atoms with Crippen molar-refractivity contribution in [3.8, 4) is 0 Å². The molecule has 0 aromatic carbocycles. The summed E-state index contributed by atoms with van der Waals surface area (Å²) in [5.74, 6) is 0.635. The summed E-state index contributed by atoms with van der Waals surface area (Å²) in [6.45, 7) is 9.16. The van der Waals surface area contributed by atoms with Gasteiger partial charge >= 0.3 is 5.97 Å². The van der Waals surface area contributed by atoms with Gasteiger partial charge < -0.3 is 4.74 Å². The first-order chi connectivity index (χ1) is 8.88. The molecule has 0 unspecified atom stereocenters. The van der Waals surface area contributed by atoms with Crippen LogP contribution in [0.1, 0.15) is 59.8 Å². The van der Waals surface area contributed by atoms with E-state index in [-0.39, 0.29) is 11.4 Å². The summed E-state index contributed by atoms with van der Waals surface area (Å²) in [7, 11) is 0. The largest absolute Gasteiger partial charge is 0.465 e. The minimum absolute atomic E-state index is 0.0456. The van der Waals surface area contributed by atoms with Crippen molar-refractivity contribution < 1.29 is 9.53 Å². The number of allylic oxidation sites excluding steroid dienone is 1. The van der Waals surface area contributed by atoms with Gasteiger partial charge in [-0.05, 0) is 43.9 Å². The molecule has 0 aromatic rings. The molecule has 19 heavy (non-hydrogen) atoms. The number of carbonyl (C=O) groups excluding carboxylic acids is 1. The molecular formula is C17H26O2. The van der Waals surface area contributed by atoms with Crippen molar-refractivity contribution in [1.29, 1.82) is 0 Å². The zero-order chi connectivity index (χ0) is 13.9. The average molecular weight is 262 g/mol. The Kier molecular flexibility index (Phi) is 2.69. The number of hydrogen-bond donors (Lipinski definition) is 0. The topological polar surface area (TPSA) is 26.3 Å². The second kappa shape index (κ2) is 3.86. The van der Waals surface area contributed by atoms with Gasteiger partial charge in [-0.3, -0.25) is 4.79 Å². The van der Waals surface area contributed by atoms with Crippen molar-refractivity contribution in [2.45, 2.75) is 59.8 Å². The molecule has 106 valence electrons.